The van der Waals surface area contributed by atoms with Crippen LogP contribution < -0.4 is 10.6 Å². The molecule has 1 fully saturated rings. The number of nitro groups is 1. The number of carbonyl (C=O) groups excluding carboxylic acids is 2. The molecule has 2 amide bonds. The molecule has 1 aromatic carbocycles. The van der Waals surface area contributed by atoms with Gasteiger partial charge in [0.25, 0.3) is 11.6 Å². The standard InChI is InChI=1S/C16H19N3O5/c1-11(20)18-15(16(21)17-10-14-6-3-7-24-14)9-12-4-2-5-13(8-12)19(22)23/h2,4-5,8-9,14H,3,6-7,10H2,1H3,(H,17,21)(H,18,20)/b15-9-. The molecule has 0 radical (unpaired) electrons. The van der Waals surface area contributed by atoms with Gasteiger partial charge < -0.3 is 15.4 Å². The van der Waals surface area contributed by atoms with Gasteiger partial charge in [0, 0.05) is 32.2 Å². The Morgan fingerprint density at radius 1 is 1.46 bits per heavy atom. The number of amides is 2. The summed E-state index contributed by atoms with van der Waals surface area (Å²) in [4.78, 5) is 33.9. The SMILES string of the molecule is CC(=O)N/C(=C\c1cccc([N+](=O)[O-])c1)C(=O)NCC1CCCO1. The third-order valence-corrected chi connectivity index (χ3v) is 3.46. The van der Waals surface area contributed by atoms with Gasteiger partial charge in [-0.05, 0) is 24.5 Å². The molecule has 8 nitrogen and oxygen atoms in total. The number of carbonyl (C=O) groups is 2. The molecular formula is C16H19N3O5. The van der Waals surface area contributed by atoms with Crippen LogP contribution in [0.4, 0.5) is 5.69 Å². The van der Waals surface area contributed by atoms with Gasteiger partial charge in [-0.25, -0.2) is 0 Å². The highest BCUT2D eigenvalue weighted by Crippen LogP contribution is 2.15. The normalized spacial score (nSPS) is 17.4. The van der Waals surface area contributed by atoms with Crippen molar-refractivity contribution in [2.24, 2.45) is 0 Å². The Hall–Kier alpha value is -2.74. The van der Waals surface area contributed by atoms with Gasteiger partial charge in [-0.15, -0.1) is 0 Å². The van der Waals surface area contributed by atoms with E-state index >= 15 is 0 Å². The summed E-state index contributed by atoms with van der Waals surface area (Å²) in [6.07, 6.45) is 3.22. The van der Waals surface area contributed by atoms with E-state index in [-0.39, 0.29) is 17.5 Å². The number of ether oxygens (including phenoxy) is 1. The fourth-order valence-corrected chi connectivity index (χ4v) is 2.35. The molecular weight excluding hydrogens is 314 g/mol. The van der Waals surface area contributed by atoms with E-state index in [2.05, 4.69) is 10.6 Å². The van der Waals surface area contributed by atoms with Gasteiger partial charge in [0.1, 0.15) is 5.70 Å². The van der Waals surface area contributed by atoms with E-state index in [1.807, 2.05) is 0 Å². The van der Waals surface area contributed by atoms with Crippen LogP contribution in [0.15, 0.2) is 30.0 Å². The van der Waals surface area contributed by atoms with Crippen LogP contribution in [-0.2, 0) is 14.3 Å². The van der Waals surface area contributed by atoms with Gasteiger partial charge in [-0.3, -0.25) is 19.7 Å². The average molecular weight is 333 g/mol. The second-order valence-corrected chi connectivity index (χ2v) is 5.44. The highest BCUT2D eigenvalue weighted by Gasteiger charge is 2.18. The van der Waals surface area contributed by atoms with Crippen LogP contribution in [-0.4, -0.2) is 36.0 Å². The first-order valence-electron chi connectivity index (χ1n) is 7.59. The fraction of sp³-hybridized carbons (Fsp3) is 0.375. The molecule has 0 aliphatic carbocycles. The second kappa shape index (κ2) is 8.21. The van der Waals surface area contributed by atoms with Gasteiger partial charge in [-0.2, -0.15) is 0 Å². The monoisotopic (exact) mass is 333 g/mol. The largest absolute Gasteiger partial charge is 0.376 e. The van der Waals surface area contributed by atoms with Crippen molar-refractivity contribution in [1.82, 2.24) is 10.6 Å². The van der Waals surface area contributed by atoms with Gasteiger partial charge in [-0.1, -0.05) is 12.1 Å². The summed E-state index contributed by atoms with van der Waals surface area (Å²) in [7, 11) is 0. The van der Waals surface area contributed by atoms with Crippen molar-refractivity contribution < 1.29 is 19.2 Å². The summed E-state index contributed by atoms with van der Waals surface area (Å²) in [6.45, 7) is 2.32. The quantitative estimate of drug-likeness (QED) is 0.464. The molecule has 2 rings (SSSR count). The van der Waals surface area contributed by atoms with E-state index in [1.165, 1.54) is 31.2 Å². The van der Waals surface area contributed by atoms with Crippen LogP contribution in [0.3, 0.4) is 0 Å². The predicted octanol–water partition coefficient (Wildman–Crippen LogP) is 1.37. The third kappa shape index (κ3) is 5.17. The zero-order valence-corrected chi connectivity index (χ0v) is 13.3. The average Bonchev–Trinajstić information content (AvgIpc) is 3.05. The molecule has 0 spiro atoms. The zero-order chi connectivity index (χ0) is 17.5. The number of benzene rings is 1. The number of hydrogen-bond donors (Lipinski definition) is 2. The minimum absolute atomic E-state index is 0.0228. The Balaban J connectivity index is 2.13. The summed E-state index contributed by atoms with van der Waals surface area (Å²) in [5, 5.41) is 16.0. The van der Waals surface area contributed by atoms with Crippen LogP contribution in [0.2, 0.25) is 0 Å². The molecule has 1 atom stereocenters. The van der Waals surface area contributed by atoms with Crippen molar-refractivity contribution in [3.05, 3.63) is 45.6 Å². The number of non-ortho nitro benzene ring substituents is 1. The summed E-state index contributed by atoms with van der Waals surface area (Å²) in [5.74, 6) is -0.869. The molecule has 0 bridgehead atoms. The van der Waals surface area contributed by atoms with Gasteiger partial charge >= 0.3 is 0 Å². The number of hydrogen-bond acceptors (Lipinski definition) is 5. The van der Waals surface area contributed by atoms with Crippen molar-refractivity contribution >= 4 is 23.6 Å². The van der Waals surface area contributed by atoms with Crippen LogP contribution in [0, 0.1) is 10.1 Å². The van der Waals surface area contributed by atoms with Gasteiger partial charge in [0.05, 0.1) is 11.0 Å². The maximum absolute atomic E-state index is 12.3. The summed E-state index contributed by atoms with van der Waals surface area (Å²) >= 11 is 0. The lowest BCUT2D eigenvalue weighted by molar-refractivity contribution is -0.384. The Morgan fingerprint density at radius 2 is 2.25 bits per heavy atom. The number of nitro benzene ring substituents is 1. The molecule has 1 aliphatic heterocycles. The molecule has 128 valence electrons. The van der Waals surface area contributed by atoms with E-state index in [1.54, 1.807) is 6.07 Å². The highest BCUT2D eigenvalue weighted by atomic mass is 16.6. The van der Waals surface area contributed by atoms with Crippen molar-refractivity contribution in [2.75, 3.05) is 13.2 Å². The first-order chi connectivity index (χ1) is 11.5. The predicted molar refractivity (Wildman–Crippen MR) is 86.9 cm³/mol. The lowest BCUT2D eigenvalue weighted by Gasteiger charge is -2.13. The van der Waals surface area contributed by atoms with E-state index in [9.17, 15) is 19.7 Å². The molecule has 24 heavy (non-hydrogen) atoms. The summed E-state index contributed by atoms with van der Waals surface area (Å²) in [6, 6.07) is 5.81. The van der Waals surface area contributed by atoms with Crippen molar-refractivity contribution in [3.8, 4) is 0 Å². The Morgan fingerprint density at radius 3 is 2.88 bits per heavy atom. The Bertz CT molecular complexity index is 665. The lowest BCUT2D eigenvalue weighted by Crippen LogP contribution is -2.37. The Kier molecular flexibility index (Phi) is 6.02. The van der Waals surface area contributed by atoms with Crippen LogP contribution >= 0.6 is 0 Å². The maximum atomic E-state index is 12.3. The lowest BCUT2D eigenvalue weighted by atomic mass is 10.1. The molecule has 1 saturated heterocycles. The van der Waals surface area contributed by atoms with E-state index < -0.39 is 16.7 Å². The summed E-state index contributed by atoms with van der Waals surface area (Å²) < 4.78 is 5.43. The first-order valence-corrected chi connectivity index (χ1v) is 7.59. The fourth-order valence-electron chi connectivity index (χ4n) is 2.35. The van der Waals surface area contributed by atoms with Crippen molar-refractivity contribution in [1.29, 1.82) is 0 Å². The zero-order valence-electron chi connectivity index (χ0n) is 13.3. The van der Waals surface area contributed by atoms with Crippen LogP contribution in [0.1, 0.15) is 25.3 Å². The van der Waals surface area contributed by atoms with Crippen LogP contribution in [0.25, 0.3) is 6.08 Å². The molecule has 1 heterocycles. The van der Waals surface area contributed by atoms with E-state index in [0.29, 0.717) is 18.7 Å². The number of nitrogens with one attached hydrogen (secondary N) is 2. The number of rotatable bonds is 6. The molecule has 1 aromatic rings. The smallest absolute Gasteiger partial charge is 0.270 e. The van der Waals surface area contributed by atoms with Crippen LogP contribution in [0.5, 0.6) is 0 Å². The minimum Gasteiger partial charge on any atom is -0.376 e. The molecule has 8 heteroatoms. The molecule has 0 saturated carbocycles. The Labute approximate surface area is 139 Å². The summed E-state index contributed by atoms with van der Waals surface area (Å²) in [5.41, 5.74) is 0.381. The molecule has 1 unspecified atom stereocenters. The number of nitrogens with zero attached hydrogens (tertiary/aromatic N) is 1. The van der Waals surface area contributed by atoms with Crippen molar-refractivity contribution in [2.45, 2.75) is 25.9 Å². The topological polar surface area (TPSA) is 111 Å². The molecule has 0 aromatic heterocycles. The van der Waals surface area contributed by atoms with E-state index in [0.717, 1.165) is 12.8 Å². The van der Waals surface area contributed by atoms with E-state index in [4.69, 9.17) is 4.74 Å². The third-order valence-electron chi connectivity index (χ3n) is 3.46. The van der Waals surface area contributed by atoms with Gasteiger partial charge in [0.15, 0.2) is 0 Å². The van der Waals surface area contributed by atoms with Gasteiger partial charge in [0.2, 0.25) is 5.91 Å². The second-order valence-electron chi connectivity index (χ2n) is 5.44. The molecule has 2 N–H and O–H groups in total. The maximum Gasteiger partial charge on any atom is 0.270 e. The van der Waals surface area contributed by atoms with Crippen molar-refractivity contribution in [3.63, 3.8) is 0 Å². The highest BCUT2D eigenvalue weighted by molar-refractivity contribution is 6.00. The first kappa shape index (κ1) is 17.6. The minimum atomic E-state index is -0.521. The molecule has 1 aliphatic rings.